The van der Waals surface area contributed by atoms with Gasteiger partial charge in [-0.1, -0.05) is 59.1 Å². The lowest BCUT2D eigenvalue weighted by Gasteiger charge is -2.36. The number of benzene rings is 3. The molecule has 0 radical (unpaired) electrons. The summed E-state index contributed by atoms with van der Waals surface area (Å²) in [4.78, 5) is 4.99. The van der Waals surface area contributed by atoms with Crippen LogP contribution in [0.25, 0.3) is 11.3 Å². The molecule has 4 aromatic rings. The molecule has 0 N–H and O–H groups in total. The van der Waals surface area contributed by atoms with Gasteiger partial charge >= 0.3 is 0 Å². The van der Waals surface area contributed by atoms with Crippen molar-refractivity contribution < 1.29 is 0 Å². The van der Waals surface area contributed by atoms with Crippen LogP contribution in [0.15, 0.2) is 79.0 Å². The Morgan fingerprint density at radius 2 is 1.43 bits per heavy atom. The molecule has 1 fully saturated rings. The zero-order valence-electron chi connectivity index (χ0n) is 20.3. The molecule has 1 aliphatic rings. The van der Waals surface area contributed by atoms with Crippen LogP contribution in [-0.4, -0.2) is 35.6 Å². The number of hydrogen-bond donors (Lipinski definition) is 0. The number of hydrogen-bond acceptors (Lipinski definition) is 2. The molecule has 180 valence electrons. The molecular weight excluding hydrogens is 473 g/mol. The Bertz CT molecular complexity index is 1280. The van der Waals surface area contributed by atoms with Gasteiger partial charge in [0.1, 0.15) is 0 Å². The highest BCUT2D eigenvalue weighted by molar-refractivity contribution is 6.31. The number of halogens is 2. The van der Waals surface area contributed by atoms with Gasteiger partial charge < -0.3 is 9.47 Å². The Morgan fingerprint density at radius 1 is 0.714 bits per heavy atom. The number of anilines is 1. The number of rotatable bonds is 6. The van der Waals surface area contributed by atoms with Crippen molar-refractivity contribution in [1.29, 1.82) is 0 Å². The van der Waals surface area contributed by atoms with Crippen LogP contribution in [0.1, 0.15) is 22.3 Å². The summed E-state index contributed by atoms with van der Waals surface area (Å²) in [6.07, 6.45) is 2.32. The van der Waals surface area contributed by atoms with E-state index >= 15 is 0 Å². The van der Waals surface area contributed by atoms with Crippen LogP contribution in [0.5, 0.6) is 0 Å². The van der Waals surface area contributed by atoms with Crippen molar-refractivity contribution in [2.45, 2.75) is 26.9 Å². The van der Waals surface area contributed by atoms with Crippen molar-refractivity contribution in [2.24, 2.45) is 0 Å². The number of aryl methyl sites for hydroxylation is 2. The normalized spacial score (nSPS) is 14.5. The van der Waals surface area contributed by atoms with Crippen molar-refractivity contribution in [2.75, 3.05) is 31.1 Å². The van der Waals surface area contributed by atoms with Crippen molar-refractivity contribution in [3.63, 3.8) is 0 Å². The number of nitrogens with zero attached hydrogens (tertiary/aromatic N) is 3. The third-order valence-electron chi connectivity index (χ3n) is 6.85. The molecule has 0 amide bonds. The fourth-order valence-corrected chi connectivity index (χ4v) is 5.04. The number of piperazine rings is 1. The largest absolute Gasteiger partial charge is 0.369 e. The smallest absolute Gasteiger partial charge is 0.0486 e. The van der Waals surface area contributed by atoms with E-state index < -0.39 is 0 Å². The summed E-state index contributed by atoms with van der Waals surface area (Å²) in [5.74, 6) is 0. The van der Waals surface area contributed by atoms with Gasteiger partial charge in [0.05, 0.1) is 0 Å². The summed E-state index contributed by atoms with van der Waals surface area (Å²) < 4.78 is 2.38. The van der Waals surface area contributed by atoms with E-state index in [1.165, 1.54) is 33.6 Å². The Balaban J connectivity index is 1.34. The lowest BCUT2D eigenvalue weighted by molar-refractivity contribution is 0.250. The fraction of sp³-hybridized carbons (Fsp3) is 0.267. The van der Waals surface area contributed by atoms with Crippen LogP contribution in [-0.2, 0) is 13.1 Å². The van der Waals surface area contributed by atoms with Gasteiger partial charge in [-0.3, -0.25) is 4.90 Å². The maximum absolute atomic E-state index is 6.33. The van der Waals surface area contributed by atoms with Gasteiger partial charge in [-0.15, -0.1) is 0 Å². The van der Waals surface area contributed by atoms with E-state index in [0.717, 1.165) is 54.9 Å². The zero-order chi connectivity index (χ0) is 24.4. The van der Waals surface area contributed by atoms with Gasteiger partial charge in [-0.2, -0.15) is 0 Å². The van der Waals surface area contributed by atoms with E-state index in [0.29, 0.717) is 0 Å². The summed E-state index contributed by atoms with van der Waals surface area (Å²) in [6, 6.07) is 25.7. The first-order chi connectivity index (χ1) is 16.9. The summed E-state index contributed by atoms with van der Waals surface area (Å²) in [7, 11) is 0. The van der Waals surface area contributed by atoms with Crippen LogP contribution < -0.4 is 4.90 Å². The molecule has 5 rings (SSSR count). The highest BCUT2D eigenvalue weighted by Gasteiger charge is 2.19. The standard InChI is InChI=1S/C30H31Cl2N3/c1-22-3-5-24(6-4-22)20-35-21-25(18-30(35)26-7-12-29(32)23(2)17-26)19-33-13-15-34(16-14-33)28-10-8-27(31)9-11-28/h3-12,17-18,21H,13-16,19-20H2,1-2H3. The Morgan fingerprint density at radius 3 is 2.11 bits per heavy atom. The summed E-state index contributed by atoms with van der Waals surface area (Å²) in [5, 5.41) is 1.60. The van der Waals surface area contributed by atoms with E-state index in [4.69, 9.17) is 23.2 Å². The quantitative estimate of drug-likeness (QED) is 0.270. The second-order valence-electron chi connectivity index (χ2n) is 9.55. The third kappa shape index (κ3) is 5.75. The molecule has 1 aliphatic heterocycles. The van der Waals surface area contributed by atoms with Crippen LogP contribution in [0.2, 0.25) is 10.0 Å². The fourth-order valence-electron chi connectivity index (χ4n) is 4.80. The van der Waals surface area contributed by atoms with Crippen LogP contribution in [0.4, 0.5) is 5.69 Å². The van der Waals surface area contributed by atoms with E-state index in [9.17, 15) is 0 Å². The van der Waals surface area contributed by atoms with E-state index in [-0.39, 0.29) is 0 Å². The molecule has 35 heavy (non-hydrogen) atoms. The predicted octanol–water partition coefficient (Wildman–Crippen LogP) is 7.45. The molecule has 3 nitrogen and oxygen atoms in total. The van der Waals surface area contributed by atoms with E-state index in [2.05, 4.69) is 89.0 Å². The summed E-state index contributed by atoms with van der Waals surface area (Å²) >= 11 is 12.4. The van der Waals surface area contributed by atoms with Gasteiger partial charge in [0.2, 0.25) is 0 Å². The van der Waals surface area contributed by atoms with Crippen LogP contribution >= 0.6 is 23.2 Å². The average Bonchev–Trinajstić information content (AvgIpc) is 3.25. The molecule has 0 saturated carbocycles. The Labute approximate surface area is 218 Å². The molecule has 0 unspecified atom stereocenters. The molecule has 0 bridgehead atoms. The minimum absolute atomic E-state index is 0.786. The average molecular weight is 505 g/mol. The SMILES string of the molecule is Cc1ccc(Cn2cc(CN3CCN(c4ccc(Cl)cc4)CC3)cc2-c2ccc(Cl)c(C)c2)cc1. The van der Waals surface area contributed by atoms with Gasteiger partial charge in [0, 0.05) is 66.9 Å². The Hall–Kier alpha value is -2.72. The van der Waals surface area contributed by atoms with Crippen molar-refractivity contribution in [1.82, 2.24) is 9.47 Å². The van der Waals surface area contributed by atoms with Gasteiger partial charge in [0.25, 0.3) is 0 Å². The van der Waals surface area contributed by atoms with E-state index in [1.54, 1.807) is 0 Å². The molecule has 1 aromatic heterocycles. The molecule has 5 heteroatoms. The predicted molar refractivity (Wildman–Crippen MR) is 149 cm³/mol. The first-order valence-electron chi connectivity index (χ1n) is 12.2. The van der Waals surface area contributed by atoms with Gasteiger partial charge in [-0.25, -0.2) is 0 Å². The zero-order valence-corrected chi connectivity index (χ0v) is 21.9. The van der Waals surface area contributed by atoms with Crippen LogP contribution in [0, 0.1) is 13.8 Å². The molecule has 3 aromatic carbocycles. The monoisotopic (exact) mass is 503 g/mol. The van der Waals surface area contributed by atoms with Gasteiger partial charge in [-0.05, 0) is 78.6 Å². The topological polar surface area (TPSA) is 11.4 Å². The van der Waals surface area contributed by atoms with Crippen LogP contribution in [0.3, 0.4) is 0 Å². The second-order valence-corrected chi connectivity index (χ2v) is 10.4. The van der Waals surface area contributed by atoms with E-state index in [1.807, 2.05) is 18.2 Å². The lowest BCUT2D eigenvalue weighted by Crippen LogP contribution is -2.45. The maximum Gasteiger partial charge on any atom is 0.0486 e. The summed E-state index contributed by atoms with van der Waals surface area (Å²) in [6.45, 7) is 10.1. The Kier molecular flexibility index (Phi) is 7.19. The van der Waals surface area contributed by atoms with Crippen molar-refractivity contribution in [3.8, 4) is 11.3 Å². The summed E-state index contributed by atoms with van der Waals surface area (Å²) in [5.41, 5.74) is 8.73. The van der Waals surface area contributed by atoms with Crippen molar-refractivity contribution in [3.05, 3.63) is 111 Å². The van der Waals surface area contributed by atoms with Gasteiger partial charge in [0.15, 0.2) is 0 Å². The molecule has 2 heterocycles. The first kappa shape index (κ1) is 24.0. The molecule has 0 aliphatic carbocycles. The third-order valence-corrected chi connectivity index (χ3v) is 7.53. The first-order valence-corrected chi connectivity index (χ1v) is 12.9. The molecule has 1 saturated heterocycles. The highest BCUT2D eigenvalue weighted by atomic mass is 35.5. The molecular formula is C30H31Cl2N3. The highest BCUT2D eigenvalue weighted by Crippen LogP contribution is 2.28. The lowest BCUT2D eigenvalue weighted by atomic mass is 10.1. The minimum Gasteiger partial charge on any atom is -0.369 e. The molecule has 0 spiro atoms. The van der Waals surface area contributed by atoms with Crippen molar-refractivity contribution >= 4 is 28.9 Å². The molecule has 0 atom stereocenters. The maximum atomic E-state index is 6.33. The second kappa shape index (κ2) is 10.5. The number of aromatic nitrogens is 1. The minimum atomic E-state index is 0.786.